The minimum Gasteiger partial charge on any atom is -0.237 e. The van der Waals surface area contributed by atoms with E-state index in [2.05, 4.69) is 109 Å². The molecule has 0 saturated carbocycles. The predicted molar refractivity (Wildman–Crippen MR) is 228 cm³/mol. The number of aryl methyl sites for hydroxylation is 1. The first kappa shape index (κ1) is 44.0. The molecule has 0 spiro atoms. The summed E-state index contributed by atoms with van der Waals surface area (Å²) < 4.78 is 5.07. The summed E-state index contributed by atoms with van der Waals surface area (Å²) in [5.74, 6) is 0. The molecular weight excluding hydrogens is 629 g/mol. The molecule has 0 bridgehead atoms. The van der Waals surface area contributed by atoms with E-state index < -0.39 is 0 Å². The van der Waals surface area contributed by atoms with Crippen LogP contribution in [0.25, 0.3) is 0 Å². The SMILES string of the molecule is CCCCCCCCCCCCCCCCCCCC(n1cc[n+](CCCCCCCCCCCC)c1)C(C)(Cc1ccccc1)c1ccccc1. The molecule has 2 unspecified atom stereocenters. The first-order valence-corrected chi connectivity index (χ1v) is 22.8. The van der Waals surface area contributed by atoms with Gasteiger partial charge in [0.25, 0.3) is 0 Å². The van der Waals surface area contributed by atoms with Crippen molar-refractivity contribution in [2.75, 3.05) is 0 Å². The van der Waals surface area contributed by atoms with Crippen LogP contribution < -0.4 is 4.57 Å². The van der Waals surface area contributed by atoms with E-state index in [1.807, 2.05) is 0 Å². The Balaban J connectivity index is 1.47. The molecule has 0 N–H and O–H groups in total. The summed E-state index contributed by atoms with van der Waals surface area (Å²) in [7, 11) is 0. The van der Waals surface area contributed by atoms with Gasteiger partial charge in [0, 0.05) is 5.41 Å². The molecule has 0 saturated heterocycles. The highest BCUT2D eigenvalue weighted by Crippen LogP contribution is 2.41. The van der Waals surface area contributed by atoms with Crippen molar-refractivity contribution >= 4 is 0 Å². The van der Waals surface area contributed by atoms with Crippen molar-refractivity contribution in [2.24, 2.45) is 0 Å². The Labute approximate surface area is 323 Å². The van der Waals surface area contributed by atoms with Crippen LogP contribution in [0, 0.1) is 0 Å². The van der Waals surface area contributed by atoms with Crippen LogP contribution in [0.1, 0.15) is 218 Å². The minimum atomic E-state index is 0.00560. The van der Waals surface area contributed by atoms with Gasteiger partial charge < -0.3 is 0 Å². The summed E-state index contributed by atoms with van der Waals surface area (Å²) in [6.45, 7) is 8.29. The largest absolute Gasteiger partial charge is 0.244 e. The maximum Gasteiger partial charge on any atom is 0.244 e. The molecule has 0 radical (unpaired) electrons. The number of hydrogen-bond acceptors (Lipinski definition) is 0. The second-order valence-corrected chi connectivity index (χ2v) is 16.7. The summed E-state index contributed by atoms with van der Waals surface area (Å²) in [6.07, 6.45) is 47.6. The molecule has 2 atom stereocenters. The Kier molecular flexibility index (Phi) is 24.6. The van der Waals surface area contributed by atoms with Crippen molar-refractivity contribution < 1.29 is 4.57 Å². The van der Waals surface area contributed by atoms with E-state index in [0.717, 1.165) is 13.0 Å². The van der Waals surface area contributed by atoms with E-state index >= 15 is 0 Å². The van der Waals surface area contributed by atoms with Gasteiger partial charge in [-0.3, -0.25) is 0 Å². The van der Waals surface area contributed by atoms with E-state index in [1.165, 1.54) is 191 Å². The number of benzene rings is 2. The van der Waals surface area contributed by atoms with Gasteiger partial charge in [0.2, 0.25) is 6.33 Å². The first-order valence-electron chi connectivity index (χ1n) is 22.8. The zero-order chi connectivity index (χ0) is 36.8. The summed E-state index contributed by atoms with van der Waals surface area (Å²) >= 11 is 0. The van der Waals surface area contributed by atoms with E-state index in [4.69, 9.17) is 0 Å². The molecular formula is C50H83N2+. The number of nitrogens with zero attached hydrogens (tertiary/aromatic N) is 2. The van der Waals surface area contributed by atoms with Crippen LogP contribution in [-0.4, -0.2) is 4.57 Å². The zero-order valence-corrected chi connectivity index (χ0v) is 34.7. The van der Waals surface area contributed by atoms with E-state index in [9.17, 15) is 0 Å². The van der Waals surface area contributed by atoms with E-state index in [1.54, 1.807) is 0 Å². The smallest absolute Gasteiger partial charge is 0.237 e. The number of rotatable bonds is 34. The Bertz CT molecular complexity index is 1200. The van der Waals surface area contributed by atoms with Crippen molar-refractivity contribution in [1.29, 1.82) is 0 Å². The lowest BCUT2D eigenvalue weighted by molar-refractivity contribution is -0.697. The van der Waals surface area contributed by atoms with Crippen LogP contribution in [0.4, 0.5) is 0 Å². The van der Waals surface area contributed by atoms with Gasteiger partial charge in [0.1, 0.15) is 18.4 Å². The fourth-order valence-corrected chi connectivity index (χ4v) is 8.62. The third-order valence-corrected chi connectivity index (χ3v) is 12.0. The number of aromatic nitrogens is 2. The van der Waals surface area contributed by atoms with Crippen LogP contribution in [0.2, 0.25) is 0 Å². The molecule has 1 heterocycles. The van der Waals surface area contributed by atoms with Crippen molar-refractivity contribution in [2.45, 2.75) is 225 Å². The normalized spacial score (nSPS) is 13.4. The average Bonchev–Trinajstić information content (AvgIpc) is 3.64. The third kappa shape index (κ3) is 18.6. The van der Waals surface area contributed by atoms with Crippen molar-refractivity contribution in [1.82, 2.24) is 4.57 Å². The van der Waals surface area contributed by atoms with Gasteiger partial charge in [0.05, 0.1) is 6.54 Å². The average molecular weight is 712 g/mol. The van der Waals surface area contributed by atoms with Crippen LogP contribution in [0.3, 0.4) is 0 Å². The van der Waals surface area contributed by atoms with Crippen LogP contribution in [-0.2, 0) is 18.4 Å². The van der Waals surface area contributed by atoms with Gasteiger partial charge in [-0.1, -0.05) is 236 Å². The molecule has 2 nitrogen and oxygen atoms in total. The van der Waals surface area contributed by atoms with E-state index in [0.29, 0.717) is 6.04 Å². The summed E-state index contributed by atoms with van der Waals surface area (Å²) in [5, 5.41) is 0. The third-order valence-electron chi connectivity index (χ3n) is 12.0. The highest BCUT2D eigenvalue weighted by atomic mass is 15.1. The molecule has 2 aromatic carbocycles. The Morgan fingerprint density at radius 3 is 1.37 bits per heavy atom. The Morgan fingerprint density at radius 1 is 0.500 bits per heavy atom. The summed E-state index contributed by atoms with van der Waals surface area (Å²) in [4.78, 5) is 0. The standard InChI is InChI=1S/C50H83N2/c1-4-6-8-10-12-14-16-17-18-19-20-21-22-23-25-27-35-41-49(50(3,48-39-33-30-34-40-48)45-47-37-31-29-32-38-47)52-44-43-51(46-52)42-36-28-26-24-15-13-11-9-7-5-2/h29-34,37-40,43-44,46,49H,4-28,35-36,41-42,45H2,1-3H3/q+1. The molecule has 0 fully saturated rings. The van der Waals surface area contributed by atoms with Gasteiger partial charge in [-0.2, -0.15) is 0 Å². The number of unbranched alkanes of at least 4 members (excludes halogenated alkanes) is 25. The number of imidazole rings is 1. The maximum absolute atomic E-state index is 2.60. The molecule has 3 rings (SSSR count). The lowest BCUT2D eigenvalue weighted by Gasteiger charge is -2.37. The first-order chi connectivity index (χ1) is 25.7. The molecule has 0 aliphatic heterocycles. The fourth-order valence-electron chi connectivity index (χ4n) is 8.62. The molecule has 0 amide bonds. The second kappa shape index (κ2) is 29.1. The number of hydrogen-bond donors (Lipinski definition) is 0. The molecule has 0 aliphatic carbocycles. The highest BCUT2D eigenvalue weighted by Gasteiger charge is 2.40. The molecule has 2 heteroatoms. The molecule has 3 aromatic rings. The zero-order valence-electron chi connectivity index (χ0n) is 34.7. The Hall–Kier alpha value is -2.35. The molecule has 1 aromatic heterocycles. The van der Waals surface area contributed by atoms with Gasteiger partial charge >= 0.3 is 0 Å². The van der Waals surface area contributed by atoms with E-state index in [-0.39, 0.29) is 5.41 Å². The summed E-state index contributed by atoms with van der Waals surface area (Å²) in [6, 6.07) is 23.1. The molecule has 52 heavy (non-hydrogen) atoms. The monoisotopic (exact) mass is 712 g/mol. The predicted octanol–water partition coefficient (Wildman–Crippen LogP) is 15.5. The highest BCUT2D eigenvalue weighted by molar-refractivity contribution is 5.30. The fraction of sp³-hybridized carbons (Fsp3) is 0.700. The topological polar surface area (TPSA) is 8.81 Å². The lowest BCUT2D eigenvalue weighted by Crippen LogP contribution is -2.38. The maximum atomic E-state index is 2.60. The van der Waals surface area contributed by atoms with Crippen LogP contribution in [0.15, 0.2) is 79.4 Å². The quantitative estimate of drug-likeness (QED) is 0.0431. The van der Waals surface area contributed by atoms with Gasteiger partial charge in [-0.05, 0) is 43.2 Å². The Morgan fingerprint density at radius 2 is 0.904 bits per heavy atom. The van der Waals surface area contributed by atoms with Crippen LogP contribution in [0.5, 0.6) is 0 Å². The van der Waals surface area contributed by atoms with Crippen molar-refractivity contribution in [3.05, 3.63) is 90.5 Å². The van der Waals surface area contributed by atoms with Gasteiger partial charge in [-0.25, -0.2) is 9.13 Å². The molecule has 0 aliphatic rings. The van der Waals surface area contributed by atoms with Crippen LogP contribution >= 0.6 is 0 Å². The second-order valence-electron chi connectivity index (χ2n) is 16.7. The minimum absolute atomic E-state index is 0.00560. The van der Waals surface area contributed by atoms with Crippen molar-refractivity contribution in [3.8, 4) is 0 Å². The molecule has 292 valence electrons. The van der Waals surface area contributed by atoms with Gasteiger partial charge in [0.15, 0.2) is 0 Å². The van der Waals surface area contributed by atoms with Gasteiger partial charge in [-0.15, -0.1) is 0 Å². The van der Waals surface area contributed by atoms with Crippen molar-refractivity contribution in [3.63, 3.8) is 0 Å². The summed E-state index contributed by atoms with van der Waals surface area (Å²) in [5.41, 5.74) is 2.91. The lowest BCUT2D eigenvalue weighted by atomic mass is 9.70.